The number of sulfone groups is 1. The molecular weight excluding hydrogens is 479 g/mol. The highest BCUT2D eigenvalue weighted by Crippen LogP contribution is 2.28. The smallest absolute Gasteiger partial charge is 0.222 e. The summed E-state index contributed by atoms with van der Waals surface area (Å²) in [6, 6.07) is -0.232. The van der Waals surface area contributed by atoms with Gasteiger partial charge in [0.05, 0.1) is 11.5 Å². The molecule has 1 heterocycles. The van der Waals surface area contributed by atoms with Gasteiger partial charge in [0.15, 0.2) is 15.8 Å². The quantitative estimate of drug-likeness (QED) is 0.189. The van der Waals surface area contributed by atoms with Gasteiger partial charge in [0.1, 0.15) is 0 Å². The van der Waals surface area contributed by atoms with Crippen LogP contribution in [0.4, 0.5) is 0 Å². The van der Waals surface area contributed by atoms with Crippen molar-refractivity contribution < 1.29 is 13.2 Å². The number of aliphatic imine (C=N–C) groups is 1. The number of carbonyl (C=O) groups excluding carboxylic acids is 1. The lowest BCUT2D eigenvalue weighted by Gasteiger charge is -2.14. The topological polar surface area (TPSA) is 99.7 Å². The van der Waals surface area contributed by atoms with E-state index in [0.29, 0.717) is 25.3 Å². The van der Waals surface area contributed by atoms with Crippen LogP contribution in [0.2, 0.25) is 0 Å². The van der Waals surface area contributed by atoms with Crippen molar-refractivity contribution in [3.63, 3.8) is 0 Å². The van der Waals surface area contributed by atoms with Crippen molar-refractivity contribution in [2.45, 2.75) is 63.8 Å². The Morgan fingerprint density at radius 2 is 1.78 bits per heavy atom. The fourth-order valence-electron chi connectivity index (χ4n) is 3.79. The number of unbranched alkanes of at least 4 members (excludes halogenated alkanes) is 1. The molecule has 7 nitrogen and oxygen atoms in total. The number of halogens is 1. The number of nitrogens with zero attached hydrogens (tertiary/aromatic N) is 1. The van der Waals surface area contributed by atoms with E-state index >= 15 is 0 Å². The highest BCUT2D eigenvalue weighted by molar-refractivity contribution is 14.0. The molecule has 27 heavy (non-hydrogen) atoms. The second-order valence-electron chi connectivity index (χ2n) is 7.49. The number of hydrogen-bond acceptors (Lipinski definition) is 4. The largest absolute Gasteiger partial charge is 0.356 e. The van der Waals surface area contributed by atoms with Gasteiger partial charge >= 0.3 is 0 Å². The van der Waals surface area contributed by atoms with E-state index in [1.165, 1.54) is 38.5 Å². The first-order valence-corrected chi connectivity index (χ1v) is 11.7. The SMILES string of the molecule is CN=C(NCCCCC1CCCC1)NCCC(=O)NC1CCS(=O)(=O)C1.I. The summed E-state index contributed by atoms with van der Waals surface area (Å²) in [6.07, 6.45) is 10.2. The van der Waals surface area contributed by atoms with Crippen LogP contribution in [0.3, 0.4) is 0 Å². The van der Waals surface area contributed by atoms with E-state index < -0.39 is 9.84 Å². The minimum Gasteiger partial charge on any atom is -0.356 e. The first kappa shape index (κ1) is 24.5. The summed E-state index contributed by atoms with van der Waals surface area (Å²) < 4.78 is 22.8. The van der Waals surface area contributed by atoms with E-state index in [4.69, 9.17) is 0 Å². The molecule has 1 aliphatic heterocycles. The van der Waals surface area contributed by atoms with Crippen LogP contribution in [-0.2, 0) is 14.6 Å². The van der Waals surface area contributed by atoms with Gasteiger partial charge in [-0.2, -0.15) is 0 Å². The van der Waals surface area contributed by atoms with Crippen LogP contribution in [0.1, 0.15) is 57.8 Å². The Morgan fingerprint density at radius 1 is 1.07 bits per heavy atom. The lowest BCUT2D eigenvalue weighted by Crippen LogP contribution is -2.41. The summed E-state index contributed by atoms with van der Waals surface area (Å²) >= 11 is 0. The summed E-state index contributed by atoms with van der Waals surface area (Å²) in [4.78, 5) is 16.1. The standard InChI is InChI=1S/C18H34N4O3S.HI/c1-19-18(20-11-5-4-8-15-6-2-3-7-15)21-12-9-17(23)22-16-10-13-26(24,25)14-16;/h15-16H,2-14H2,1H3,(H,22,23)(H2,19,20,21);1H. The van der Waals surface area contributed by atoms with Crippen LogP contribution in [0.15, 0.2) is 4.99 Å². The summed E-state index contributed by atoms with van der Waals surface area (Å²) in [5.41, 5.74) is 0. The van der Waals surface area contributed by atoms with E-state index in [-0.39, 0.29) is 47.4 Å². The van der Waals surface area contributed by atoms with Crippen LogP contribution in [-0.4, -0.2) is 58.0 Å². The fraction of sp³-hybridized carbons (Fsp3) is 0.889. The Bertz CT molecular complexity index is 577. The van der Waals surface area contributed by atoms with Gasteiger partial charge in [-0.1, -0.05) is 38.5 Å². The molecule has 0 aromatic carbocycles. The van der Waals surface area contributed by atoms with Crippen molar-refractivity contribution in [2.75, 3.05) is 31.6 Å². The molecule has 0 aromatic heterocycles. The van der Waals surface area contributed by atoms with Crippen LogP contribution in [0, 0.1) is 5.92 Å². The van der Waals surface area contributed by atoms with Crippen molar-refractivity contribution >= 4 is 45.7 Å². The first-order chi connectivity index (χ1) is 12.5. The van der Waals surface area contributed by atoms with Gasteiger partial charge in [-0.25, -0.2) is 8.42 Å². The summed E-state index contributed by atoms with van der Waals surface area (Å²) in [6.45, 7) is 1.37. The molecule has 2 aliphatic rings. The Labute approximate surface area is 180 Å². The molecule has 1 saturated carbocycles. The molecule has 1 aliphatic carbocycles. The third-order valence-electron chi connectivity index (χ3n) is 5.27. The molecule has 1 unspecified atom stereocenters. The molecule has 1 saturated heterocycles. The summed E-state index contributed by atoms with van der Waals surface area (Å²) in [5.74, 6) is 1.78. The van der Waals surface area contributed by atoms with Gasteiger partial charge in [-0.15, -0.1) is 24.0 Å². The molecule has 9 heteroatoms. The number of rotatable bonds is 9. The minimum absolute atomic E-state index is 0. The molecule has 0 radical (unpaired) electrons. The van der Waals surface area contributed by atoms with Gasteiger partial charge in [0.2, 0.25) is 5.91 Å². The van der Waals surface area contributed by atoms with Crippen molar-refractivity contribution in [2.24, 2.45) is 10.9 Å². The minimum atomic E-state index is -2.96. The third kappa shape index (κ3) is 9.96. The number of carbonyl (C=O) groups is 1. The van der Waals surface area contributed by atoms with Gasteiger partial charge in [0, 0.05) is 32.6 Å². The maximum atomic E-state index is 11.9. The summed E-state index contributed by atoms with van der Waals surface area (Å²) in [7, 11) is -1.24. The summed E-state index contributed by atoms with van der Waals surface area (Å²) in [5, 5.41) is 9.21. The Balaban J connectivity index is 0.00000364. The Hall–Kier alpha value is -0.580. The van der Waals surface area contributed by atoms with Gasteiger partial charge in [-0.05, 0) is 18.8 Å². The van der Waals surface area contributed by atoms with Crippen LogP contribution in [0.25, 0.3) is 0 Å². The van der Waals surface area contributed by atoms with Crippen molar-refractivity contribution in [1.82, 2.24) is 16.0 Å². The molecule has 2 rings (SSSR count). The molecule has 1 atom stereocenters. The lowest BCUT2D eigenvalue weighted by atomic mass is 10.0. The monoisotopic (exact) mass is 514 g/mol. The van der Waals surface area contributed by atoms with E-state index in [1.807, 2.05) is 0 Å². The van der Waals surface area contributed by atoms with E-state index in [9.17, 15) is 13.2 Å². The number of hydrogen-bond donors (Lipinski definition) is 3. The molecule has 3 N–H and O–H groups in total. The van der Waals surface area contributed by atoms with Crippen LogP contribution >= 0.6 is 24.0 Å². The zero-order valence-corrected chi connectivity index (χ0v) is 19.5. The molecule has 158 valence electrons. The second-order valence-corrected chi connectivity index (χ2v) is 9.72. The Morgan fingerprint density at radius 3 is 2.41 bits per heavy atom. The second kappa shape index (κ2) is 12.8. The molecule has 0 aromatic rings. The molecule has 1 amide bonds. The number of nitrogens with one attached hydrogen (secondary N) is 3. The van der Waals surface area contributed by atoms with Crippen molar-refractivity contribution in [3.8, 4) is 0 Å². The highest BCUT2D eigenvalue weighted by atomic mass is 127. The third-order valence-corrected chi connectivity index (χ3v) is 7.04. The number of amides is 1. The fourth-order valence-corrected chi connectivity index (χ4v) is 5.46. The average Bonchev–Trinajstić information content (AvgIpc) is 3.22. The lowest BCUT2D eigenvalue weighted by molar-refractivity contribution is -0.121. The van der Waals surface area contributed by atoms with Gasteiger partial charge in [0.25, 0.3) is 0 Å². The van der Waals surface area contributed by atoms with E-state index in [0.717, 1.165) is 18.9 Å². The first-order valence-electron chi connectivity index (χ1n) is 9.93. The zero-order valence-electron chi connectivity index (χ0n) is 16.3. The van der Waals surface area contributed by atoms with E-state index in [2.05, 4.69) is 20.9 Å². The van der Waals surface area contributed by atoms with Crippen LogP contribution in [0.5, 0.6) is 0 Å². The van der Waals surface area contributed by atoms with E-state index in [1.54, 1.807) is 7.05 Å². The maximum Gasteiger partial charge on any atom is 0.222 e. The zero-order chi connectivity index (χ0) is 18.8. The molecule has 2 fully saturated rings. The number of guanidine groups is 1. The Kier molecular flexibility index (Phi) is 11.6. The van der Waals surface area contributed by atoms with Crippen molar-refractivity contribution in [1.29, 1.82) is 0 Å². The highest BCUT2D eigenvalue weighted by Gasteiger charge is 2.28. The molecule has 0 spiro atoms. The molecular formula is C18H35IN4O3S. The normalized spacial score (nSPS) is 22.3. The maximum absolute atomic E-state index is 11.9. The van der Waals surface area contributed by atoms with Crippen LogP contribution < -0.4 is 16.0 Å². The average molecular weight is 514 g/mol. The van der Waals surface area contributed by atoms with Gasteiger partial charge in [-0.3, -0.25) is 9.79 Å². The van der Waals surface area contributed by atoms with Gasteiger partial charge < -0.3 is 16.0 Å². The molecule has 0 bridgehead atoms. The predicted octanol–water partition coefficient (Wildman–Crippen LogP) is 1.82. The predicted molar refractivity (Wildman–Crippen MR) is 120 cm³/mol. The van der Waals surface area contributed by atoms with Crippen molar-refractivity contribution in [3.05, 3.63) is 0 Å².